The lowest BCUT2D eigenvalue weighted by molar-refractivity contribution is 0.620. The van der Waals surface area contributed by atoms with Crippen LogP contribution >= 0.6 is 0 Å². The molecule has 1 heterocycles. The van der Waals surface area contributed by atoms with Gasteiger partial charge in [0, 0.05) is 19.4 Å². The summed E-state index contributed by atoms with van der Waals surface area (Å²) in [6.07, 6.45) is 10.3. The lowest BCUT2D eigenvalue weighted by Crippen LogP contribution is -2.02. The van der Waals surface area contributed by atoms with E-state index in [1.54, 1.807) is 0 Å². The van der Waals surface area contributed by atoms with E-state index in [-0.39, 0.29) is 0 Å². The molecule has 0 atom stereocenters. The van der Waals surface area contributed by atoms with E-state index in [1.807, 2.05) is 31.3 Å². The minimum Gasteiger partial charge on any atom is -0.357 e. The molecular weight excluding hydrogens is 110 g/mol. The Balaban J connectivity index is 2.70. The number of hydrogen-bond acceptors (Lipinski definition) is 1. The Hall–Kier alpha value is -0.980. The molecular formula is C8H11N. The van der Waals surface area contributed by atoms with Gasteiger partial charge < -0.3 is 4.90 Å². The molecule has 0 saturated heterocycles. The van der Waals surface area contributed by atoms with Crippen molar-refractivity contribution in [1.82, 2.24) is 4.90 Å². The molecule has 0 aromatic heterocycles. The van der Waals surface area contributed by atoms with E-state index >= 15 is 0 Å². The van der Waals surface area contributed by atoms with E-state index < -0.39 is 0 Å². The van der Waals surface area contributed by atoms with Crippen LogP contribution in [0.2, 0.25) is 0 Å². The standard InChI is InChI=1S/C8H11N/c1-3-8-4-6-9(2)7-5-8/h3-7H,1-2H3. The Morgan fingerprint density at radius 2 is 1.89 bits per heavy atom. The number of rotatable bonds is 0. The van der Waals surface area contributed by atoms with E-state index in [0.717, 1.165) is 0 Å². The molecule has 1 aliphatic heterocycles. The molecule has 0 saturated carbocycles. The lowest BCUT2D eigenvalue weighted by Gasteiger charge is -2.10. The molecule has 0 aromatic rings. The predicted octanol–water partition coefficient (Wildman–Crippen LogP) is 1.91. The minimum absolute atomic E-state index is 1.27. The maximum atomic E-state index is 2.08. The second-order valence-electron chi connectivity index (χ2n) is 2.09. The maximum Gasteiger partial charge on any atom is 0.0106 e. The summed E-state index contributed by atoms with van der Waals surface area (Å²) in [7, 11) is 2.01. The third kappa shape index (κ3) is 1.46. The summed E-state index contributed by atoms with van der Waals surface area (Å²) in [5.41, 5.74) is 1.27. The molecule has 1 aliphatic rings. The quantitative estimate of drug-likeness (QED) is 0.473. The molecule has 1 nitrogen and oxygen atoms in total. The summed E-state index contributed by atoms with van der Waals surface area (Å²) in [5, 5.41) is 0. The molecule has 0 unspecified atom stereocenters. The SMILES string of the molecule is CC=C1C=CN(C)C=C1. The summed E-state index contributed by atoms with van der Waals surface area (Å²) in [6, 6.07) is 0. The van der Waals surface area contributed by atoms with Crippen molar-refractivity contribution in [2.24, 2.45) is 0 Å². The van der Waals surface area contributed by atoms with Crippen LogP contribution in [0.25, 0.3) is 0 Å². The van der Waals surface area contributed by atoms with Crippen molar-refractivity contribution in [3.63, 3.8) is 0 Å². The normalized spacial score (nSPS) is 16.7. The van der Waals surface area contributed by atoms with Gasteiger partial charge in [0.1, 0.15) is 0 Å². The highest BCUT2D eigenvalue weighted by Gasteiger charge is 1.90. The van der Waals surface area contributed by atoms with Crippen LogP contribution in [-0.2, 0) is 0 Å². The molecule has 48 valence electrons. The highest BCUT2D eigenvalue weighted by molar-refractivity contribution is 5.32. The lowest BCUT2D eigenvalue weighted by atomic mass is 10.2. The van der Waals surface area contributed by atoms with Gasteiger partial charge in [0.05, 0.1) is 0 Å². The first-order valence-electron chi connectivity index (χ1n) is 3.07. The Kier molecular flexibility index (Phi) is 1.73. The second kappa shape index (κ2) is 2.53. The molecule has 0 radical (unpaired) electrons. The first-order valence-corrected chi connectivity index (χ1v) is 3.07. The Morgan fingerprint density at radius 3 is 2.33 bits per heavy atom. The van der Waals surface area contributed by atoms with E-state index in [1.165, 1.54) is 5.57 Å². The van der Waals surface area contributed by atoms with Crippen LogP contribution in [0, 0.1) is 0 Å². The summed E-state index contributed by atoms with van der Waals surface area (Å²) in [6.45, 7) is 2.04. The third-order valence-electron chi connectivity index (χ3n) is 1.34. The smallest absolute Gasteiger partial charge is 0.0106 e. The van der Waals surface area contributed by atoms with Gasteiger partial charge in [-0.15, -0.1) is 0 Å². The second-order valence-corrected chi connectivity index (χ2v) is 2.09. The van der Waals surface area contributed by atoms with Crippen LogP contribution in [0.5, 0.6) is 0 Å². The molecule has 0 aliphatic carbocycles. The zero-order valence-corrected chi connectivity index (χ0v) is 5.83. The van der Waals surface area contributed by atoms with Gasteiger partial charge in [-0.25, -0.2) is 0 Å². The van der Waals surface area contributed by atoms with Crippen LogP contribution in [0.15, 0.2) is 36.2 Å². The summed E-state index contributed by atoms with van der Waals surface area (Å²) >= 11 is 0. The van der Waals surface area contributed by atoms with Gasteiger partial charge in [0.2, 0.25) is 0 Å². The maximum absolute atomic E-state index is 2.08. The molecule has 0 bridgehead atoms. The van der Waals surface area contributed by atoms with Crippen LogP contribution in [0.3, 0.4) is 0 Å². The van der Waals surface area contributed by atoms with E-state index in [4.69, 9.17) is 0 Å². The largest absolute Gasteiger partial charge is 0.357 e. The van der Waals surface area contributed by atoms with Crippen LogP contribution in [-0.4, -0.2) is 11.9 Å². The van der Waals surface area contributed by atoms with Gasteiger partial charge in [0.25, 0.3) is 0 Å². The molecule has 0 aromatic carbocycles. The van der Waals surface area contributed by atoms with Crippen molar-refractivity contribution in [1.29, 1.82) is 0 Å². The summed E-state index contributed by atoms with van der Waals surface area (Å²) in [4.78, 5) is 2.02. The van der Waals surface area contributed by atoms with Crippen molar-refractivity contribution >= 4 is 0 Å². The first-order chi connectivity index (χ1) is 4.33. The predicted molar refractivity (Wildman–Crippen MR) is 39.8 cm³/mol. The van der Waals surface area contributed by atoms with E-state index in [9.17, 15) is 0 Å². The Bertz CT molecular complexity index is 159. The molecule has 9 heavy (non-hydrogen) atoms. The van der Waals surface area contributed by atoms with Crippen molar-refractivity contribution in [2.75, 3.05) is 7.05 Å². The minimum atomic E-state index is 1.27. The summed E-state index contributed by atoms with van der Waals surface area (Å²) < 4.78 is 0. The molecule has 0 amide bonds. The van der Waals surface area contributed by atoms with Gasteiger partial charge in [0.15, 0.2) is 0 Å². The first kappa shape index (κ1) is 6.14. The average Bonchev–Trinajstić information content (AvgIpc) is 1.90. The third-order valence-corrected chi connectivity index (χ3v) is 1.34. The number of hydrogen-bond donors (Lipinski definition) is 0. The van der Waals surface area contributed by atoms with Crippen molar-refractivity contribution in [3.8, 4) is 0 Å². The fourth-order valence-electron chi connectivity index (χ4n) is 0.705. The topological polar surface area (TPSA) is 3.24 Å². The number of nitrogens with zero attached hydrogens (tertiary/aromatic N) is 1. The zero-order valence-electron chi connectivity index (χ0n) is 5.83. The van der Waals surface area contributed by atoms with Gasteiger partial charge in [-0.05, 0) is 24.6 Å². The average molecular weight is 121 g/mol. The van der Waals surface area contributed by atoms with Gasteiger partial charge in [-0.2, -0.15) is 0 Å². The van der Waals surface area contributed by atoms with Crippen molar-refractivity contribution in [3.05, 3.63) is 36.2 Å². The molecule has 0 N–H and O–H groups in total. The van der Waals surface area contributed by atoms with Gasteiger partial charge >= 0.3 is 0 Å². The fraction of sp³-hybridized carbons (Fsp3) is 0.250. The van der Waals surface area contributed by atoms with E-state index in [0.29, 0.717) is 0 Å². The summed E-state index contributed by atoms with van der Waals surface area (Å²) in [5.74, 6) is 0. The molecule has 0 fully saturated rings. The zero-order chi connectivity index (χ0) is 6.69. The fourth-order valence-corrected chi connectivity index (χ4v) is 0.705. The van der Waals surface area contributed by atoms with Crippen molar-refractivity contribution in [2.45, 2.75) is 6.92 Å². The van der Waals surface area contributed by atoms with Crippen LogP contribution < -0.4 is 0 Å². The van der Waals surface area contributed by atoms with Gasteiger partial charge in [-0.3, -0.25) is 0 Å². The molecule has 1 heteroatoms. The van der Waals surface area contributed by atoms with Crippen molar-refractivity contribution < 1.29 is 0 Å². The molecule has 1 rings (SSSR count). The molecule has 0 spiro atoms. The Labute approximate surface area is 56.0 Å². The van der Waals surface area contributed by atoms with Crippen LogP contribution in [0.4, 0.5) is 0 Å². The number of allylic oxidation sites excluding steroid dienone is 4. The highest BCUT2D eigenvalue weighted by Crippen LogP contribution is 2.05. The van der Waals surface area contributed by atoms with Crippen LogP contribution in [0.1, 0.15) is 6.92 Å². The monoisotopic (exact) mass is 121 g/mol. The highest BCUT2D eigenvalue weighted by atomic mass is 15.0. The Morgan fingerprint density at radius 1 is 1.33 bits per heavy atom. The van der Waals surface area contributed by atoms with E-state index in [2.05, 4.69) is 18.2 Å². The van der Waals surface area contributed by atoms with Gasteiger partial charge in [-0.1, -0.05) is 6.08 Å².